The summed E-state index contributed by atoms with van der Waals surface area (Å²) in [6.07, 6.45) is 0.785. The molecular weight excluding hydrogens is 436 g/mol. The molecule has 0 radical (unpaired) electrons. The van der Waals surface area contributed by atoms with Gasteiger partial charge in [-0.2, -0.15) is 0 Å². The molecule has 1 aromatic heterocycles. The maximum atomic E-state index is 12.6. The van der Waals surface area contributed by atoms with Crippen molar-refractivity contribution in [1.29, 1.82) is 0 Å². The first-order chi connectivity index (χ1) is 16.1. The van der Waals surface area contributed by atoms with Crippen molar-refractivity contribution in [3.05, 3.63) is 106 Å². The zero-order valence-electron chi connectivity index (χ0n) is 18.2. The number of hydrogen-bond acceptors (Lipinski definition) is 6. The maximum Gasteiger partial charge on any atom is 0.353 e. The molecule has 0 aliphatic heterocycles. The summed E-state index contributed by atoms with van der Waals surface area (Å²) in [5.74, 6) is 1.90. The number of aryl methyl sites for hydroxylation is 1. The van der Waals surface area contributed by atoms with E-state index >= 15 is 0 Å². The fourth-order valence-electron chi connectivity index (χ4n) is 3.34. The van der Waals surface area contributed by atoms with Crippen LogP contribution in [0.5, 0.6) is 17.2 Å². The highest BCUT2D eigenvalue weighted by atomic mass is 32.2. The highest BCUT2D eigenvalue weighted by molar-refractivity contribution is 7.99. The van der Waals surface area contributed by atoms with Gasteiger partial charge in [0.2, 0.25) is 0 Å². The molecule has 0 bridgehead atoms. The fourth-order valence-corrected chi connectivity index (χ4v) is 4.24. The number of rotatable bonds is 9. The molecule has 5 nitrogen and oxygen atoms in total. The van der Waals surface area contributed by atoms with Gasteiger partial charge in [-0.25, -0.2) is 4.79 Å². The molecule has 0 unspecified atom stereocenters. The van der Waals surface area contributed by atoms with Gasteiger partial charge in [-0.15, -0.1) is 11.8 Å². The van der Waals surface area contributed by atoms with Crippen LogP contribution in [0, 0.1) is 0 Å². The predicted molar refractivity (Wildman–Crippen MR) is 130 cm³/mol. The second kappa shape index (κ2) is 10.8. The average molecular weight is 461 g/mol. The molecule has 168 valence electrons. The highest BCUT2D eigenvalue weighted by Gasteiger charge is 2.15. The van der Waals surface area contributed by atoms with Crippen LogP contribution in [0.4, 0.5) is 0 Å². The summed E-state index contributed by atoms with van der Waals surface area (Å²) in [4.78, 5) is 12.8. The molecule has 6 heteroatoms. The minimum absolute atomic E-state index is 0.0947. The zero-order chi connectivity index (χ0) is 23.0. The molecule has 3 aromatic carbocycles. The van der Waals surface area contributed by atoms with Gasteiger partial charge in [-0.05, 0) is 35.7 Å². The molecule has 0 aliphatic carbocycles. The zero-order valence-corrected chi connectivity index (χ0v) is 19.0. The van der Waals surface area contributed by atoms with Crippen LogP contribution >= 0.6 is 11.8 Å². The Morgan fingerprint density at radius 2 is 1.58 bits per heavy atom. The molecule has 4 rings (SSSR count). The second-order valence-corrected chi connectivity index (χ2v) is 8.44. The number of thioether (sulfide) groups is 1. The first-order valence-corrected chi connectivity index (χ1v) is 11.5. The van der Waals surface area contributed by atoms with Gasteiger partial charge in [-0.3, -0.25) is 0 Å². The van der Waals surface area contributed by atoms with E-state index in [0.29, 0.717) is 29.4 Å². The van der Waals surface area contributed by atoms with Crippen LogP contribution in [0.1, 0.15) is 11.1 Å². The number of ether oxygens (including phenoxy) is 2. The van der Waals surface area contributed by atoms with E-state index in [1.807, 2.05) is 60.7 Å². The van der Waals surface area contributed by atoms with Crippen LogP contribution in [0.25, 0.3) is 11.3 Å². The molecule has 33 heavy (non-hydrogen) atoms. The first kappa shape index (κ1) is 22.6. The van der Waals surface area contributed by atoms with E-state index in [9.17, 15) is 9.90 Å². The Balaban J connectivity index is 1.48. The Kier molecular flexibility index (Phi) is 7.37. The minimum atomic E-state index is -0.563. The lowest BCUT2D eigenvalue weighted by molar-refractivity contribution is 0.284. The molecule has 0 amide bonds. The third-order valence-corrected chi connectivity index (χ3v) is 6.13. The Labute approximate surface area is 196 Å². The molecular formula is C27H24O5S. The van der Waals surface area contributed by atoms with Gasteiger partial charge in [0, 0.05) is 17.4 Å². The first-order valence-electron chi connectivity index (χ1n) is 10.5. The molecule has 0 aliphatic rings. The number of aromatic hydroxyl groups is 1. The summed E-state index contributed by atoms with van der Waals surface area (Å²) in [5.41, 5.74) is 2.26. The minimum Gasteiger partial charge on any atom is -0.506 e. The van der Waals surface area contributed by atoms with Crippen molar-refractivity contribution in [2.24, 2.45) is 0 Å². The van der Waals surface area contributed by atoms with Gasteiger partial charge < -0.3 is 19.0 Å². The van der Waals surface area contributed by atoms with Crippen LogP contribution < -0.4 is 15.1 Å². The van der Waals surface area contributed by atoms with Crippen LogP contribution in [-0.2, 0) is 13.0 Å². The maximum absolute atomic E-state index is 12.6. The van der Waals surface area contributed by atoms with Crippen molar-refractivity contribution in [2.75, 3.05) is 12.9 Å². The fraction of sp³-hybridized carbons (Fsp3) is 0.148. The largest absolute Gasteiger partial charge is 0.506 e. The molecule has 1 heterocycles. The molecule has 0 fully saturated rings. The summed E-state index contributed by atoms with van der Waals surface area (Å²) in [6.45, 7) is 0.404. The van der Waals surface area contributed by atoms with E-state index in [2.05, 4.69) is 0 Å². The van der Waals surface area contributed by atoms with Crippen molar-refractivity contribution in [2.45, 2.75) is 17.9 Å². The lowest BCUT2D eigenvalue weighted by atomic mass is 10.1. The van der Waals surface area contributed by atoms with E-state index in [1.54, 1.807) is 25.3 Å². The Morgan fingerprint density at radius 1 is 0.879 bits per heavy atom. The van der Waals surface area contributed by atoms with Crippen molar-refractivity contribution in [3.8, 4) is 28.6 Å². The monoisotopic (exact) mass is 460 g/mol. The van der Waals surface area contributed by atoms with Crippen molar-refractivity contribution < 1.29 is 19.0 Å². The number of methoxy groups -OCH3 is 1. The van der Waals surface area contributed by atoms with Crippen LogP contribution in [-0.4, -0.2) is 18.0 Å². The molecule has 0 saturated carbocycles. The quantitative estimate of drug-likeness (QED) is 0.312. The third-order valence-electron chi connectivity index (χ3n) is 5.05. The normalized spacial score (nSPS) is 10.7. The van der Waals surface area contributed by atoms with Crippen molar-refractivity contribution >= 4 is 11.8 Å². The molecule has 4 aromatic rings. The molecule has 0 atom stereocenters. The van der Waals surface area contributed by atoms with E-state index < -0.39 is 5.63 Å². The number of benzene rings is 3. The van der Waals surface area contributed by atoms with Gasteiger partial charge in [0.15, 0.2) is 11.5 Å². The van der Waals surface area contributed by atoms with Gasteiger partial charge in [0.25, 0.3) is 0 Å². The summed E-state index contributed by atoms with van der Waals surface area (Å²) < 4.78 is 16.9. The van der Waals surface area contributed by atoms with Gasteiger partial charge in [0.05, 0.1) is 7.11 Å². The van der Waals surface area contributed by atoms with Crippen molar-refractivity contribution in [1.82, 2.24) is 0 Å². The van der Waals surface area contributed by atoms with Crippen LogP contribution in [0.2, 0.25) is 0 Å². The lowest BCUT2D eigenvalue weighted by Crippen LogP contribution is -2.04. The molecule has 1 N–H and O–H groups in total. The van der Waals surface area contributed by atoms with E-state index in [0.717, 1.165) is 12.0 Å². The Morgan fingerprint density at radius 3 is 2.24 bits per heavy atom. The topological polar surface area (TPSA) is 68.9 Å². The summed E-state index contributed by atoms with van der Waals surface area (Å²) in [6, 6.07) is 26.5. The van der Waals surface area contributed by atoms with E-state index in [-0.39, 0.29) is 16.4 Å². The van der Waals surface area contributed by atoms with Gasteiger partial charge in [-0.1, -0.05) is 60.7 Å². The Bertz CT molecular complexity index is 1250. The SMILES string of the molecule is COc1cc(-c2cc(O)c(SCCc3ccccc3)c(=O)o2)ccc1OCc1ccccc1. The standard InChI is InChI=1S/C27H24O5S/c1-30-25-16-21(12-13-23(25)31-18-20-10-6-3-7-11-20)24-17-22(28)26(27(29)32-24)33-15-14-19-8-4-2-5-9-19/h2-13,16-17,28H,14-15,18H2,1H3. The van der Waals surface area contributed by atoms with Crippen molar-refractivity contribution in [3.63, 3.8) is 0 Å². The van der Waals surface area contributed by atoms with E-state index in [1.165, 1.54) is 23.4 Å². The number of hydrogen-bond donors (Lipinski definition) is 1. The Hall–Kier alpha value is -3.64. The summed E-state index contributed by atoms with van der Waals surface area (Å²) in [5, 5.41) is 10.5. The average Bonchev–Trinajstić information content (AvgIpc) is 2.85. The highest BCUT2D eigenvalue weighted by Crippen LogP contribution is 2.35. The lowest BCUT2D eigenvalue weighted by Gasteiger charge is -2.12. The van der Waals surface area contributed by atoms with Crippen LogP contribution in [0.15, 0.2) is 99.0 Å². The van der Waals surface area contributed by atoms with Gasteiger partial charge >= 0.3 is 5.63 Å². The summed E-state index contributed by atoms with van der Waals surface area (Å²) >= 11 is 1.29. The molecule has 0 saturated heterocycles. The smallest absolute Gasteiger partial charge is 0.353 e. The molecule has 0 spiro atoms. The van der Waals surface area contributed by atoms with Crippen LogP contribution in [0.3, 0.4) is 0 Å². The predicted octanol–water partition coefficient (Wildman–Crippen LogP) is 5.93. The summed E-state index contributed by atoms with van der Waals surface area (Å²) in [7, 11) is 1.55. The van der Waals surface area contributed by atoms with E-state index in [4.69, 9.17) is 13.9 Å². The van der Waals surface area contributed by atoms with Gasteiger partial charge in [0.1, 0.15) is 23.0 Å². The third kappa shape index (κ3) is 5.79. The second-order valence-electron chi connectivity index (χ2n) is 7.34.